The van der Waals surface area contributed by atoms with Gasteiger partial charge in [-0.15, -0.1) is 0 Å². The number of rotatable bonds is 4. The van der Waals surface area contributed by atoms with Crippen molar-refractivity contribution in [3.8, 4) is 11.3 Å². The van der Waals surface area contributed by atoms with Crippen molar-refractivity contribution >= 4 is 35.3 Å². The fourth-order valence-electron chi connectivity index (χ4n) is 3.66. The monoisotopic (exact) mass is 468 g/mol. The van der Waals surface area contributed by atoms with E-state index in [1.54, 1.807) is 22.7 Å². The summed E-state index contributed by atoms with van der Waals surface area (Å²) in [6.07, 6.45) is 1.08. The van der Waals surface area contributed by atoms with Gasteiger partial charge in [0.2, 0.25) is 0 Å². The Morgan fingerprint density at radius 2 is 2.13 bits per heavy atom. The lowest BCUT2D eigenvalue weighted by molar-refractivity contribution is -0.0241. The van der Waals surface area contributed by atoms with E-state index in [9.17, 15) is 13.6 Å². The minimum absolute atomic E-state index is 0.143. The van der Waals surface area contributed by atoms with Crippen molar-refractivity contribution in [2.75, 3.05) is 26.8 Å². The number of carbonyl (C=O) groups excluding carboxylic acids is 1. The number of imidazole rings is 1. The minimum Gasteiger partial charge on any atom is -0.453 e. The number of amides is 1. The number of fused-ring (bicyclic) bond motifs is 1. The number of hydrogen-bond acceptors (Lipinski definition) is 6. The molecular weight excluding hydrogens is 450 g/mol. The van der Waals surface area contributed by atoms with E-state index in [0.717, 1.165) is 11.9 Å². The van der Waals surface area contributed by atoms with Crippen molar-refractivity contribution in [3.05, 3.63) is 52.8 Å². The number of aromatic nitrogens is 2. The summed E-state index contributed by atoms with van der Waals surface area (Å²) in [5.41, 5.74) is 0.862. The van der Waals surface area contributed by atoms with Gasteiger partial charge in [-0.05, 0) is 30.1 Å². The van der Waals surface area contributed by atoms with Crippen LogP contribution in [0.4, 0.5) is 13.6 Å². The number of morpholine rings is 1. The second-order valence-electron chi connectivity index (χ2n) is 6.97. The summed E-state index contributed by atoms with van der Waals surface area (Å²) in [7, 11) is 1.31. The van der Waals surface area contributed by atoms with Crippen LogP contribution in [0.5, 0.6) is 0 Å². The SMILES string of the molecule is COC(=O)N1CCOC(Cc2c(-c3c(F)cc(SN)cc3F)nc3cc(Cl)ccn23)C1. The maximum absolute atomic E-state index is 14.9. The molecule has 4 rings (SSSR count). The number of methoxy groups -OCH3 is 1. The zero-order valence-electron chi connectivity index (χ0n) is 16.5. The summed E-state index contributed by atoms with van der Waals surface area (Å²) >= 11 is 6.84. The van der Waals surface area contributed by atoms with Gasteiger partial charge in [-0.2, -0.15) is 0 Å². The van der Waals surface area contributed by atoms with Crippen LogP contribution in [0.3, 0.4) is 0 Å². The van der Waals surface area contributed by atoms with Crippen LogP contribution < -0.4 is 5.14 Å². The van der Waals surface area contributed by atoms with Crippen LogP contribution in [-0.4, -0.2) is 53.3 Å². The van der Waals surface area contributed by atoms with E-state index in [-0.39, 0.29) is 29.1 Å². The van der Waals surface area contributed by atoms with Crippen molar-refractivity contribution in [3.63, 3.8) is 0 Å². The molecule has 1 aromatic carbocycles. The first kappa shape index (κ1) is 21.8. The molecular formula is C20H19ClF2N4O3S. The first-order chi connectivity index (χ1) is 14.9. The molecule has 0 radical (unpaired) electrons. The number of halogens is 3. The summed E-state index contributed by atoms with van der Waals surface area (Å²) in [5.74, 6) is -1.55. The summed E-state index contributed by atoms with van der Waals surface area (Å²) < 4.78 is 42.1. The number of carbonyl (C=O) groups is 1. The van der Waals surface area contributed by atoms with Crippen molar-refractivity contribution < 1.29 is 23.0 Å². The first-order valence-electron chi connectivity index (χ1n) is 9.38. The van der Waals surface area contributed by atoms with Gasteiger partial charge in [0.1, 0.15) is 17.3 Å². The molecule has 1 unspecified atom stereocenters. The van der Waals surface area contributed by atoms with Gasteiger partial charge in [-0.25, -0.2) is 18.6 Å². The zero-order chi connectivity index (χ0) is 22.1. The predicted octanol–water partition coefficient (Wildman–Crippen LogP) is 3.91. The topological polar surface area (TPSA) is 82.1 Å². The molecule has 3 aromatic rings. The number of benzene rings is 1. The van der Waals surface area contributed by atoms with Crippen LogP contribution in [0.2, 0.25) is 5.02 Å². The highest BCUT2D eigenvalue weighted by Gasteiger charge is 2.29. The van der Waals surface area contributed by atoms with E-state index < -0.39 is 23.8 Å². The molecule has 0 bridgehead atoms. The Morgan fingerprint density at radius 1 is 1.39 bits per heavy atom. The Bertz CT molecular complexity index is 1120. The number of nitrogens with two attached hydrogens (primary N) is 1. The lowest BCUT2D eigenvalue weighted by atomic mass is 10.0. The molecule has 1 aliphatic rings. The van der Waals surface area contributed by atoms with Gasteiger partial charge in [-0.1, -0.05) is 11.6 Å². The Kier molecular flexibility index (Phi) is 6.33. The molecule has 7 nitrogen and oxygen atoms in total. The van der Waals surface area contributed by atoms with Gasteiger partial charge in [0, 0.05) is 35.1 Å². The van der Waals surface area contributed by atoms with Crippen molar-refractivity contribution in [2.45, 2.75) is 17.4 Å². The maximum atomic E-state index is 14.9. The molecule has 2 N–H and O–H groups in total. The van der Waals surface area contributed by atoms with Crippen LogP contribution in [0.25, 0.3) is 16.9 Å². The van der Waals surface area contributed by atoms with Crippen LogP contribution in [0.15, 0.2) is 35.4 Å². The second-order valence-corrected chi connectivity index (χ2v) is 8.12. The van der Waals surface area contributed by atoms with Gasteiger partial charge >= 0.3 is 6.09 Å². The Hall–Kier alpha value is -2.40. The van der Waals surface area contributed by atoms with E-state index in [2.05, 4.69) is 4.98 Å². The molecule has 164 valence electrons. The molecule has 1 aliphatic heterocycles. The highest BCUT2D eigenvalue weighted by atomic mass is 35.5. The Morgan fingerprint density at radius 3 is 2.81 bits per heavy atom. The van der Waals surface area contributed by atoms with Crippen molar-refractivity contribution in [1.82, 2.24) is 14.3 Å². The number of pyridine rings is 1. The third kappa shape index (κ3) is 4.33. The molecule has 1 fully saturated rings. The molecule has 0 aliphatic carbocycles. The molecule has 1 saturated heterocycles. The van der Waals surface area contributed by atoms with E-state index >= 15 is 0 Å². The molecule has 1 amide bonds. The van der Waals surface area contributed by atoms with Gasteiger partial charge in [-0.3, -0.25) is 5.14 Å². The second kappa shape index (κ2) is 8.99. The standard InChI is InChI=1S/C20H19ClF2N4O3S/c1-29-20(28)26-4-5-30-12(10-26)7-16-19(25-17-6-11(21)2-3-27(16)17)18-14(22)8-13(31-24)9-15(18)23/h2-3,6,8-9,12H,4-5,7,10,24H2,1H3. The Balaban J connectivity index is 1.79. The van der Waals surface area contributed by atoms with Crippen LogP contribution in [0, 0.1) is 11.6 Å². The molecule has 2 aromatic heterocycles. The summed E-state index contributed by atoms with van der Waals surface area (Å²) in [6, 6.07) is 5.60. The fourth-order valence-corrected chi connectivity index (χ4v) is 4.16. The first-order valence-corrected chi connectivity index (χ1v) is 10.6. The minimum atomic E-state index is -0.774. The van der Waals surface area contributed by atoms with Crippen LogP contribution in [0.1, 0.15) is 5.69 Å². The number of ether oxygens (including phenoxy) is 2. The molecule has 0 spiro atoms. The van der Waals surface area contributed by atoms with Gasteiger partial charge in [0.15, 0.2) is 0 Å². The van der Waals surface area contributed by atoms with Crippen LogP contribution >= 0.6 is 23.5 Å². The molecule has 0 saturated carbocycles. The van der Waals surface area contributed by atoms with Gasteiger partial charge in [0.25, 0.3) is 0 Å². The average Bonchev–Trinajstić information content (AvgIpc) is 3.09. The average molecular weight is 469 g/mol. The van der Waals surface area contributed by atoms with Crippen molar-refractivity contribution in [1.29, 1.82) is 0 Å². The summed E-state index contributed by atoms with van der Waals surface area (Å²) in [5, 5.41) is 5.89. The highest BCUT2D eigenvalue weighted by molar-refractivity contribution is 7.97. The number of hydrogen-bond donors (Lipinski definition) is 1. The zero-order valence-corrected chi connectivity index (χ0v) is 18.1. The van der Waals surface area contributed by atoms with Crippen LogP contribution in [-0.2, 0) is 15.9 Å². The smallest absolute Gasteiger partial charge is 0.409 e. The summed E-state index contributed by atoms with van der Waals surface area (Å²) in [6.45, 7) is 1.00. The van der Waals surface area contributed by atoms with E-state index in [1.165, 1.54) is 24.1 Å². The summed E-state index contributed by atoms with van der Waals surface area (Å²) in [4.78, 5) is 18.2. The lowest BCUT2D eigenvalue weighted by Crippen LogP contribution is -2.46. The normalized spacial score (nSPS) is 16.7. The third-order valence-electron chi connectivity index (χ3n) is 5.07. The van der Waals surface area contributed by atoms with E-state index in [4.69, 9.17) is 26.2 Å². The Labute approximate surface area is 186 Å². The fraction of sp³-hybridized carbons (Fsp3) is 0.300. The van der Waals surface area contributed by atoms with Gasteiger partial charge < -0.3 is 18.8 Å². The van der Waals surface area contributed by atoms with Crippen molar-refractivity contribution in [2.24, 2.45) is 5.14 Å². The number of nitrogens with zero attached hydrogens (tertiary/aromatic N) is 3. The lowest BCUT2D eigenvalue weighted by Gasteiger charge is -2.32. The van der Waals surface area contributed by atoms with E-state index in [0.29, 0.717) is 29.5 Å². The molecule has 1 atom stereocenters. The third-order valence-corrected chi connectivity index (χ3v) is 5.81. The predicted molar refractivity (Wildman–Crippen MR) is 113 cm³/mol. The molecule has 31 heavy (non-hydrogen) atoms. The maximum Gasteiger partial charge on any atom is 0.409 e. The molecule has 3 heterocycles. The quantitative estimate of drug-likeness (QED) is 0.585. The van der Waals surface area contributed by atoms with E-state index in [1.807, 2.05) is 0 Å². The molecule has 11 heteroatoms. The highest BCUT2D eigenvalue weighted by Crippen LogP contribution is 2.33. The largest absolute Gasteiger partial charge is 0.453 e. The van der Waals surface area contributed by atoms with Gasteiger partial charge in [0.05, 0.1) is 43.3 Å².